The molecule has 0 aliphatic heterocycles. The highest BCUT2D eigenvalue weighted by atomic mass is 14.5. The third kappa shape index (κ3) is 1.45. The maximum absolute atomic E-state index is 4.00. The van der Waals surface area contributed by atoms with Crippen molar-refractivity contribution in [2.45, 2.75) is 39.5 Å². The van der Waals surface area contributed by atoms with Gasteiger partial charge in [0.1, 0.15) is 0 Å². The van der Waals surface area contributed by atoms with Crippen LogP contribution in [-0.4, -0.2) is 0 Å². The SMILES string of the molecule is C=CC1CC2CC1C(CC)CC2C. The summed E-state index contributed by atoms with van der Waals surface area (Å²) >= 11 is 0. The van der Waals surface area contributed by atoms with E-state index in [0.717, 1.165) is 29.6 Å². The van der Waals surface area contributed by atoms with Gasteiger partial charge in [0.25, 0.3) is 0 Å². The highest BCUT2D eigenvalue weighted by Crippen LogP contribution is 2.52. The highest BCUT2D eigenvalue weighted by Gasteiger charge is 2.43. The Morgan fingerprint density at radius 3 is 2.69 bits per heavy atom. The van der Waals surface area contributed by atoms with E-state index in [4.69, 9.17) is 0 Å². The molecular formula is C13H22. The van der Waals surface area contributed by atoms with Crippen LogP contribution in [0.1, 0.15) is 39.5 Å². The zero-order chi connectivity index (χ0) is 9.42. The summed E-state index contributed by atoms with van der Waals surface area (Å²) in [5.41, 5.74) is 0. The molecule has 0 aromatic heterocycles. The molecule has 0 heterocycles. The van der Waals surface area contributed by atoms with E-state index in [1.165, 1.54) is 25.7 Å². The lowest BCUT2D eigenvalue weighted by Crippen LogP contribution is -2.24. The van der Waals surface area contributed by atoms with Crippen molar-refractivity contribution in [3.63, 3.8) is 0 Å². The Labute approximate surface area is 82.4 Å². The van der Waals surface area contributed by atoms with E-state index in [-0.39, 0.29) is 0 Å². The number of fused-ring (bicyclic) bond motifs is 2. The summed E-state index contributed by atoms with van der Waals surface area (Å²) in [7, 11) is 0. The van der Waals surface area contributed by atoms with Crippen LogP contribution in [0.2, 0.25) is 0 Å². The number of hydrogen-bond acceptors (Lipinski definition) is 0. The van der Waals surface area contributed by atoms with Crippen molar-refractivity contribution in [1.82, 2.24) is 0 Å². The van der Waals surface area contributed by atoms with Crippen molar-refractivity contribution < 1.29 is 0 Å². The first-order chi connectivity index (χ1) is 6.26. The quantitative estimate of drug-likeness (QED) is 0.563. The second-order valence-electron chi connectivity index (χ2n) is 5.18. The molecule has 2 aliphatic rings. The van der Waals surface area contributed by atoms with Gasteiger partial charge in [0.2, 0.25) is 0 Å². The average molecular weight is 178 g/mol. The first-order valence-electron chi connectivity index (χ1n) is 5.88. The predicted molar refractivity (Wildman–Crippen MR) is 57.5 cm³/mol. The fourth-order valence-corrected chi connectivity index (χ4v) is 3.74. The number of rotatable bonds is 2. The van der Waals surface area contributed by atoms with Crippen LogP contribution in [0.5, 0.6) is 0 Å². The maximum atomic E-state index is 4.00. The number of allylic oxidation sites excluding steroid dienone is 1. The van der Waals surface area contributed by atoms with Gasteiger partial charge in [-0.25, -0.2) is 0 Å². The second-order valence-corrected chi connectivity index (χ2v) is 5.18. The van der Waals surface area contributed by atoms with Crippen molar-refractivity contribution in [3.05, 3.63) is 12.7 Å². The molecule has 0 aromatic carbocycles. The minimum atomic E-state index is 0.847. The Morgan fingerprint density at radius 2 is 2.08 bits per heavy atom. The Balaban J connectivity index is 2.14. The molecule has 5 atom stereocenters. The van der Waals surface area contributed by atoms with Crippen LogP contribution in [0.15, 0.2) is 12.7 Å². The summed E-state index contributed by atoms with van der Waals surface area (Å²) in [6, 6.07) is 0. The normalized spacial score (nSPS) is 49.2. The fraction of sp³-hybridized carbons (Fsp3) is 0.846. The minimum absolute atomic E-state index is 0.847. The minimum Gasteiger partial charge on any atom is -0.103 e. The molecule has 0 spiro atoms. The summed E-state index contributed by atoms with van der Waals surface area (Å²) in [6.07, 6.45) is 8.02. The van der Waals surface area contributed by atoms with Crippen LogP contribution in [0.25, 0.3) is 0 Å². The van der Waals surface area contributed by atoms with Gasteiger partial charge in [-0.3, -0.25) is 0 Å². The molecule has 13 heavy (non-hydrogen) atoms. The third-order valence-corrected chi connectivity index (χ3v) is 4.61. The average Bonchev–Trinajstić information content (AvgIpc) is 2.52. The van der Waals surface area contributed by atoms with Gasteiger partial charge in [-0.05, 0) is 48.9 Å². The van der Waals surface area contributed by atoms with E-state index in [2.05, 4.69) is 26.5 Å². The Hall–Kier alpha value is -0.260. The predicted octanol–water partition coefficient (Wildman–Crippen LogP) is 3.88. The Bertz CT molecular complexity index is 194. The fourth-order valence-electron chi connectivity index (χ4n) is 3.74. The van der Waals surface area contributed by atoms with Crippen LogP contribution in [0.4, 0.5) is 0 Å². The van der Waals surface area contributed by atoms with Crippen LogP contribution in [0, 0.1) is 29.6 Å². The summed E-state index contributed by atoms with van der Waals surface area (Å²) in [6.45, 7) is 8.81. The lowest BCUT2D eigenvalue weighted by molar-refractivity contribution is 0.171. The summed E-state index contributed by atoms with van der Waals surface area (Å²) in [4.78, 5) is 0. The van der Waals surface area contributed by atoms with Gasteiger partial charge in [0, 0.05) is 0 Å². The van der Waals surface area contributed by atoms with E-state index >= 15 is 0 Å². The van der Waals surface area contributed by atoms with Gasteiger partial charge < -0.3 is 0 Å². The van der Waals surface area contributed by atoms with E-state index in [1.807, 2.05) is 0 Å². The van der Waals surface area contributed by atoms with Crippen LogP contribution in [-0.2, 0) is 0 Å². The molecule has 0 aromatic rings. The van der Waals surface area contributed by atoms with Crippen molar-refractivity contribution in [2.24, 2.45) is 29.6 Å². The third-order valence-electron chi connectivity index (χ3n) is 4.61. The monoisotopic (exact) mass is 178 g/mol. The van der Waals surface area contributed by atoms with Gasteiger partial charge in [-0.15, -0.1) is 6.58 Å². The lowest BCUT2D eigenvalue weighted by atomic mass is 9.72. The maximum Gasteiger partial charge on any atom is -0.0202 e. The zero-order valence-electron chi connectivity index (χ0n) is 9.00. The number of hydrogen-bond donors (Lipinski definition) is 0. The Kier molecular flexibility index (Phi) is 2.49. The van der Waals surface area contributed by atoms with E-state index in [0.29, 0.717) is 0 Å². The van der Waals surface area contributed by atoms with E-state index in [9.17, 15) is 0 Å². The van der Waals surface area contributed by atoms with Gasteiger partial charge in [-0.1, -0.05) is 26.3 Å². The molecule has 5 unspecified atom stereocenters. The van der Waals surface area contributed by atoms with Crippen molar-refractivity contribution in [3.8, 4) is 0 Å². The molecule has 0 heteroatoms. The van der Waals surface area contributed by atoms with Crippen molar-refractivity contribution in [1.29, 1.82) is 0 Å². The topological polar surface area (TPSA) is 0 Å². The smallest absolute Gasteiger partial charge is 0.0202 e. The molecule has 2 fully saturated rings. The molecule has 0 N–H and O–H groups in total. The van der Waals surface area contributed by atoms with Gasteiger partial charge >= 0.3 is 0 Å². The highest BCUT2D eigenvalue weighted by molar-refractivity contribution is 5.00. The molecule has 2 aliphatic carbocycles. The van der Waals surface area contributed by atoms with Crippen LogP contribution >= 0.6 is 0 Å². The zero-order valence-corrected chi connectivity index (χ0v) is 9.00. The molecule has 2 saturated carbocycles. The van der Waals surface area contributed by atoms with Crippen molar-refractivity contribution in [2.75, 3.05) is 0 Å². The second kappa shape index (κ2) is 3.48. The van der Waals surface area contributed by atoms with Crippen LogP contribution < -0.4 is 0 Å². The molecule has 74 valence electrons. The molecule has 2 bridgehead atoms. The summed E-state index contributed by atoms with van der Waals surface area (Å²) < 4.78 is 0. The molecular weight excluding hydrogens is 156 g/mol. The standard InChI is InChI=1S/C13H22/c1-4-10-6-9(3)12-7-11(5-2)13(10)8-12/h5,9-13H,2,4,6-8H2,1,3H3. The largest absolute Gasteiger partial charge is 0.103 e. The lowest BCUT2D eigenvalue weighted by Gasteiger charge is -2.33. The molecule has 2 rings (SSSR count). The van der Waals surface area contributed by atoms with Crippen molar-refractivity contribution >= 4 is 0 Å². The molecule has 0 nitrogen and oxygen atoms in total. The first kappa shape index (κ1) is 9.30. The Morgan fingerprint density at radius 1 is 1.31 bits per heavy atom. The van der Waals surface area contributed by atoms with E-state index in [1.54, 1.807) is 0 Å². The first-order valence-corrected chi connectivity index (χ1v) is 5.88. The van der Waals surface area contributed by atoms with Crippen LogP contribution in [0.3, 0.4) is 0 Å². The van der Waals surface area contributed by atoms with E-state index < -0.39 is 0 Å². The van der Waals surface area contributed by atoms with Gasteiger partial charge in [0.15, 0.2) is 0 Å². The molecule has 0 amide bonds. The van der Waals surface area contributed by atoms with Gasteiger partial charge in [-0.2, -0.15) is 0 Å². The molecule has 0 radical (unpaired) electrons. The summed E-state index contributed by atoms with van der Waals surface area (Å²) in [5.74, 6) is 4.84. The summed E-state index contributed by atoms with van der Waals surface area (Å²) in [5, 5.41) is 0. The molecule has 0 saturated heterocycles. The van der Waals surface area contributed by atoms with Gasteiger partial charge in [0.05, 0.1) is 0 Å².